The van der Waals surface area contributed by atoms with E-state index in [4.69, 9.17) is 5.73 Å². The molecule has 0 radical (unpaired) electrons. The third-order valence-corrected chi connectivity index (χ3v) is 2.04. The molecule has 0 fully saturated rings. The zero-order valence-corrected chi connectivity index (χ0v) is 8.98. The molecule has 7 heteroatoms. The van der Waals surface area contributed by atoms with Crippen LogP contribution in [0.2, 0.25) is 0 Å². The molecule has 0 aliphatic heterocycles. The first kappa shape index (κ1) is 12.2. The average Bonchev–Trinajstić information content (AvgIpc) is 2.27. The van der Waals surface area contributed by atoms with Crippen LogP contribution in [-0.2, 0) is 0 Å². The van der Waals surface area contributed by atoms with Gasteiger partial charge in [-0.1, -0.05) is 12.1 Å². The number of hydrogen-bond donors (Lipinski definition) is 1. The van der Waals surface area contributed by atoms with Crippen LogP contribution >= 0.6 is 0 Å². The first-order valence-electron chi connectivity index (χ1n) is 4.88. The highest BCUT2D eigenvalue weighted by molar-refractivity contribution is 5.67. The predicted octanol–water partition coefficient (Wildman–Crippen LogP) is 2.62. The fourth-order valence-electron chi connectivity index (χ4n) is 1.40. The molecule has 2 N–H and O–H groups in total. The van der Waals surface area contributed by atoms with Gasteiger partial charge in [0.25, 0.3) is 0 Å². The minimum atomic E-state index is -4.76. The number of hydrogen-bond acceptors (Lipinski definition) is 4. The maximum absolute atomic E-state index is 12.2. The van der Waals surface area contributed by atoms with Crippen molar-refractivity contribution in [1.82, 2.24) is 9.97 Å². The summed E-state index contributed by atoms with van der Waals surface area (Å²) >= 11 is 0. The first-order valence-corrected chi connectivity index (χ1v) is 4.88. The number of nitrogen functional groups attached to an aromatic ring is 1. The SMILES string of the molecule is Nc1cncc(-c2ccccc2OC(F)(F)F)n1. The molecule has 0 aliphatic carbocycles. The van der Waals surface area contributed by atoms with Crippen molar-refractivity contribution in [3.8, 4) is 17.0 Å². The number of rotatable bonds is 2. The summed E-state index contributed by atoms with van der Waals surface area (Å²) in [5.41, 5.74) is 5.83. The second-order valence-electron chi connectivity index (χ2n) is 3.37. The van der Waals surface area contributed by atoms with Gasteiger partial charge in [0.2, 0.25) is 0 Å². The summed E-state index contributed by atoms with van der Waals surface area (Å²) in [7, 11) is 0. The van der Waals surface area contributed by atoms with Gasteiger partial charge in [-0.25, -0.2) is 4.98 Å². The molecule has 1 aromatic heterocycles. The topological polar surface area (TPSA) is 61.0 Å². The summed E-state index contributed by atoms with van der Waals surface area (Å²) in [4.78, 5) is 7.68. The molecule has 0 saturated carbocycles. The minimum absolute atomic E-state index is 0.120. The molecule has 4 nitrogen and oxygen atoms in total. The zero-order chi connectivity index (χ0) is 13.2. The molecular weight excluding hydrogens is 247 g/mol. The number of para-hydroxylation sites is 1. The van der Waals surface area contributed by atoms with E-state index < -0.39 is 6.36 Å². The number of benzene rings is 1. The van der Waals surface area contributed by atoms with Crippen molar-refractivity contribution in [2.75, 3.05) is 5.73 Å². The van der Waals surface area contributed by atoms with Crippen molar-refractivity contribution < 1.29 is 17.9 Å². The summed E-state index contributed by atoms with van der Waals surface area (Å²) in [6, 6.07) is 5.66. The van der Waals surface area contributed by atoms with E-state index in [1.807, 2.05) is 0 Å². The summed E-state index contributed by atoms with van der Waals surface area (Å²) < 4.78 is 40.6. The lowest BCUT2D eigenvalue weighted by molar-refractivity contribution is -0.274. The van der Waals surface area contributed by atoms with E-state index in [9.17, 15) is 13.2 Å². The summed E-state index contributed by atoms with van der Waals surface area (Å²) in [5.74, 6) is -0.223. The van der Waals surface area contributed by atoms with Crippen LogP contribution in [0, 0.1) is 0 Å². The third-order valence-electron chi connectivity index (χ3n) is 2.04. The number of nitrogens with two attached hydrogens (primary N) is 1. The Bertz CT molecular complexity index is 557. The summed E-state index contributed by atoms with van der Waals surface area (Å²) in [6.45, 7) is 0. The van der Waals surface area contributed by atoms with Crippen molar-refractivity contribution in [1.29, 1.82) is 0 Å². The molecule has 0 spiro atoms. The molecule has 2 rings (SSSR count). The molecular formula is C11H8F3N3O. The van der Waals surface area contributed by atoms with E-state index in [1.165, 1.54) is 30.6 Å². The van der Waals surface area contributed by atoms with Crippen molar-refractivity contribution in [2.24, 2.45) is 0 Å². The Balaban J connectivity index is 2.45. The lowest BCUT2D eigenvalue weighted by atomic mass is 10.1. The van der Waals surface area contributed by atoms with Gasteiger partial charge in [0, 0.05) is 5.56 Å². The van der Waals surface area contributed by atoms with E-state index in [0.29, 0.717) is 0 Å². The number of alkyl halides is 3. The van der Waals surface area contributed by atoms with Crippen LogP contribution < -0.4 is 10.5 Å². The highest BCUT2D eigenvalue weighted by Crippen LogP contribution is 2.32. The van der Waals surface area contributed by atoms with Crippen LogP contribution in [0.25, 0.3) is 11.3 Å². The smallest absolute Gasteiger partial charge is 0.405 e. The molecule has 1 aromatic carbocycles. The van der Waals surface area contributed by atoms with Crippen LogP contribution in [0.3, 0.4) is 0 Å². The van der Waals surface area contributed by atoms with Crippen molar-refractivity contribution in [3.63, 3.8) is 0 Å². The number of ether oxygens (including phenoxy) is 1. The predicted molar refractivity (Wildman–Crippen MR) is 58.6 cm³/mol. The number of nitrogens with zero attached hydrogens (tertiary/aromatic N) is 2. The maximum Gasteiger partial charge on any atom is 0.573 e. The Morgan fingerprint density at radius 1 is 1.11 bits per heavy atom. The second kappa shape index (κ2) is 4.52. The molecule has 1 heterocycles. The van der Waals surface area contributed by atoms with Gasteiger partial charge in [-0.2, -0.15) is 0 Å². The van der Waals surface area contributed by atoms with E-state index in [0.717, 1.165) is 0 Å². The largest absolute Gasteiger partial charge is 0.573 e. The Morgan fingerprint density at radius 3 is 2.50 bits per heavy atom. The number of halogens is 3. The van der Waals surface area contributed by atoms with Gasteiger partial charge in [-0.05, 0) is 12.1 Å². The molecule has 94 valence electrons. The molecule has 0 aliphatic rings. The van der Waals surface area contributed by atoms with Gasteiger partial charge in [0.1, 0.15) is 11.6 Å². The monoisotopic (exact) mass is 255 g/mol. The molecule has 0 amide bonds. The third kappa shape index (κ3) is 2.88. The average molecular weight is 255 g/mol. The van der Waals surface area contributed by atoms with Crippen molar-refractivity contribution in [3.05, 3.63) is 36.7 Å². The van der Waals surface area contributed by atoms with E-state index >= 15 is 0 Å². The lowest BCUT2D eigenvalue weighted by Gasteiger charge is -2.12. The molecule has 18 heavy (non-hydrogen) atoms. The molecule has 0 atom stereocenters. The number of anilines is 1. The molecule has 0 unspecified atom stereocenters. The van der Waals surface area contributed by atoms with Crippen LogP contribution in [-0.4, -0.2) is 16.3 Å². The minimum Gasteiger partial charge on any atom is -0.405 e. The van der Waals surface area contributed by atoms with Gasteiger partial charge >= 0.3 is 6.36 Å². The maximum atomic E-state index is 12.2. The molecule has 0 bridgehead atoms. The highest BCUT2D eigenvalue weighted by Gasteiger charge is 2.32. The van der Waals surface area contributed by atoms with Crippen LogP contribution in [0.4, 0.5) is 19.0 Å². The number of aromatic nitrogens is 2. The van der Waals surface area contributed by atoms with E-state index in [1.54, 1.807) is 6.07 Å². The Labute approximate surface area is 100 Å². The first-order chi connectivity index (χ1) is 8.46. The standard InChI is InChI=1S/C11H8F3N3O/c12-11(13,14)18-9-4-2-1-3-7(9)8-5-16-6-10(15)17-8/h1-6H,(H2,15,17). The molecule has 0 saturated heterocycles. The fourth-order valence-corrected chi connectivity index (χ4v) is 1.40. The zero-order valence-electron chi connectivity index (χ0n) is 8.98. The van der Waals surface area contributed by atoms with Crippen LogP contribution in [0.15, 0.2) is 36.7 Å². The summed E-state index contributed by atoms with van der Waals surface area (Å²) in [5, 5.41) is 0. The van der Waals surface area contributed by atoms with Gasteiger partial charge < -0.3 is 10.5 Å². The van der Waals surface area contributed by atoms with Crippen molar-refractivity contribution in [2.45, 2.75) is 6.36 Å². The lowest BCUT2D eigenvalue weighted by Crippen LogP contribution is -2.17. The Hall–Kier alpha value is -2.31. The highest BCUT2D eigenvalue weighted by atomic mass is 19.4. The van der Waals surface area contributed by atoms with Gasteiger partial charge in [-0.3, -0.25) is 4.98 Å². The van der Waals surface area contributed by atoms with Crippen molar-refractivity contribution >= 4 is 5.82 Å². The van der Waals surface area contributed by atoms with E-state index in [2.05, 4.69) is 14.7 Å². The van der Waals surface area contributed by atoms with Gasteiger partial charge in [-0.15, -0.1) is 13.2 Å². The van der Waals surface area contributed by atoms with Gasteiger partial charge in [0.15, 0.2) is 0 Å². The Morgan fingerprint density at radius 2 is 1.83 bits per heavy atom. The van der Waals surface area contributed by atoms with Gasteiger partial charge in [0.05, 0.1) is 18.1 Å². The second-order valence-corrected chi connectivity index (χ2v) is 3.37. The van der Waals surface area contributed by atoms with Crippen LogP contribution in [0.1, 0.15) is 0 Å². The summed E-state index contributed by atoms with van der Waals surface area (Å²) in [6.07, 6.45) is -2.14. The quantitative estimate of drug-likeness (QED) is 0.896. The van der Waals surface area contributed by atoms with Crippen LogP contribution in [0.5, 0.6) is 5.75 Å². The van der Waals surface area contributed by atoms with E-state index in [-0.39, 0.29) is 22.8 Å². The Kier molecular flexibility index (Phi) is 3.05. The normalized spacial score (nSPS) is 11.3. The molecule has 2 aromatic rings. The fraction of sp³-hybridized carbons (Fsp3) is 0.0909.